The van der Waals surface area contributed by atoms with E-state index in [-0.39, 0.29) is 28.9 Å². The lowest BCUT2D eigenvalue weighted by molar-refractivity contribution is -0.121. The molecule has 1 aromatic carbocycles. The van der Waals surface area contributed by atoms with Crippen LogP contribution in [-0.4, -0.2) is 41.4 Å². The summed E-state index contributed by atoms with van der Waals surface area (Å²) in [4.78, 5) is 24.3. The molecule has 3 atom stereocenters. The van der Waals surface area contributed by atoms with E-state index in [1.165, 1.54) is 11.8 Å². The number of nitrogens with one attached hydrogen (secondary N) is 3. The fourth-order valence-corrected chi connectivity index (χ4v) is 3.34. The standard InChI is InChI=1S/C18H27N3O2S/c1-12-6-8-15(9-7-12)20-17(22)11-24-14(3)18(23)21-16-5-4-10-19-13(16)2/h6-9,13-14,16,19H,4-5,10-11H2,1-3H3,(H,20,22)(H,21,23). The fraction of sp³-hybridized carbons (Fsp3) is 0.556. The van der Waals surface area contributed by atoms with Gasteiger partial charge in [-0.25, -0.2) is 0 Å². The minimum Gasteiger partial charge on any atom is -0.351 e. The van der Waals surface area contributed by atoms with Crippen molar-refractivity contribution < 1.29 is 9.59 Å². The van der Waals surface area contributed by atoms with Crippen LogP contribution < -0.4 is 16.0 Å². The van der Waals surface area contributed by atoms with Crippen molar-refractivity contribution in [2.24, 2.45) is 0 Å². The molecule has 2 amide bonds. The minimum atomic E-state index is -0.247. The maximum absolute atomic E-state index is 12.3. The summed E-state index contributed by atoms with van der Waals surface area (Å²) >= 11 is 1.36. The number of amides is 2. The number of carbonyl (C=O) groups excluding carboxylic acids is 2. The van der Waals surface area contributed by atoms with Gasteiger partial charge in [-0.15, -0.1) is 11.8 Å². The highest BCUT2D eigenvalue weighted by atomic mass is 32.2. The van der Waals surface area contributed by atoms with Crippen molar-refractivity contribution in [1.29, 1.82) is 0 Å². The Balaban J connectivity index is 1.73. The molecule has 0 spiro atoms. The van der Waals surface area contributed by atoms with Crippen LogP contribution in [0.3, 0.4) is 0 Å². The normalized spacial score (nSPS) is 21.8. The second-order valence-electron chi connectivity index (χ2n) is 6.37. The van der Waals surface area contributed by atoms with Gasteiger partial charge >= 0.3 is 0 Å². The minimum absolute atomic E-state index is 0.00341. The third-order valence-corrected chi connectivity index (χ3v) is 5.40. The summed E-state index contributed by atoms with van der Waals surface area (Å²) in [5, 5.41) is 9.07. The number of benzene rings is 1. The highest BCUT2D eigenvalue weighted by Crippen LogP contribution is 2.15. The molecule has 3 N–H and O–H groups in total. The van der Waals surface area contributed by atoms with Crippen LogP contribution in [0.4, 0.5) is 5.69 Å². The summed E-state index contributed by atoms with van der Waals surface area (Å²) in [5.74, 6) is 0.181. The summed E-state index contributed by atoms with van der Waals surface area (Å²) in [6.07, 6.45) is 2.08. The zero-order chi connectivity index (χ0) is 17.5. The number of aryl methyl sites for hydroxylation is 1. The molecule has 0 bridgehead atoms. The Kier molecular flexibility index (Phi) is 7.12. The quantitative estimate of drug-likeness (QED) is 0.737. The van der Waals surface area contributed by atoms with Crippen molar-refractivity contribution in [3.8, 4) is 0 Å². The molecule has 0 aromatic heterocycles. The molecule has 0 radical (unpaired) electrons. The first-order chi connectivity index (χ1) is 11.5. The highest BCUT2D eigenvalue weighted by molar-refractivity contribution is 8.01. The van der Waals surface area contributed by atoms with Crippen molar-refractivity contribution in [2.45, 2.75) is 50.9 Å². The molecule has 1 aromatic rings. The van der Waals surface area contributed by atoms with Gasteiger partial charge in [-0.2, -0.15) is 0 Å². The summed E-state index contributed by atoms with van der Waals surface area (Å²) in [6.45, 7) is 6.96. The number of piperidine rings is 1. The molecule has 1 saturated heterocycles. The molecular weight excluding hydrogens is 322 g/mol. The van der Waals surface area contributed by atoms with Crippen LogP contribution >= 0.6 is 11.8 Å². The lowest BCUT2D eigenvalue weighted by atomic mass is 10.00. The molecule has 1 aliphatic rings. The van der Waals surface area contributed by atoms with Crippen LogP contribution in [0.1, 0.15) is 32.3 Å². The summed E-state index contributed by atoms with van der Waals surface area (Å²) in [5.41, 5.74) is 1.93. The molecule has 132 valence electrons. The molecule has 5 nitrogen and oxygen atoms in total. The third kappa shape index (κ3) is 5.83. The third-order valence-electron chi connectivity index (χ3n) is 4.26. The van der Waals surface area contributed by atoms with Gasteiger partial charge < -0.3 is 16.0 Å². The average molecular weight is 350 g/mol. The SMILES string of the molecule is Cc1ccc(NC(=O)CSC(C)C(=O)NC2CCCNC2C)cc1. The maximum Gasteiger partial charge on any atom is 0.234 e. The molecule has 0 saturated carbocycles. The van der Waals surface area contributed by atoms with Crippen LogP contribution in [0, 0.1) is 6.92 Å². The van der Waals surface area contributed by atoms with E-state index in [0.29, 0.717) is 6.04 Å². The van der Waals surface area contributed by atoms with E-state index in [1.807, 2.05) is 38.1 Å². The van der Waals surface area contributed by atoms with Crippen LogP contribution in [0.25, 0.3) is 0 Å². The van der Waals surface area contributed by atoms with E-state index < -0.39 is 0 Å². The van der Waals surface area contributed by atoms with Crippen LogP contribution in [0.2, 0.25) is 0 Å². The van der Waals surface area contributed by atoms with Crippen molar-refractivity contribution in [2.75, 3.05) is 17.6 Å². The Morgan fingerprint density at radius 2 is 2.04 bits per heavy atom. The Bertz CT molecular complexity index is 562. The summed E-state index contributed by atoms with van der Waals surface area (Å²) in [6, 6.07) is 8.15. The second kappa shape index (κ2) is 9.08. The molecular formula is C18H27N3O2S. The van der Waals surface area contributed by atoms with E-state index in [1.54, 1.807) is 0 Å². The first-order valence-electron chi connectivity index (χ1n) is 8.47. The smallest absolute Gasteiger partial charge is 0.234 e. The van der Waals surface area contributed by atoms with Gasteiger partial charge in [0.15, 0.2) is 0 Å². The van der Waals surface area contributed by atoms with Crippen molar-refractivity contribution in [3.05, 3.63) is 29.8 Å². The summed E-state index contributed by atoms with van der Waals surface area (Å²) < 4.78 is 0. The Morgan fingerprint density at radius 3 is 2.71 bits per heavy atom. The monoisotopic (exact) mass is 349 g/mol. The van der Waals surface area contributed by atoms with E-state index in [2.05, 4.69) is 22.9 Å². The van der Waals surface area contributed by atoms with E-state index in [4.69, 9.17) is 0 Å². The van der Waals surface area contributed by atoms with E-state index in [0.717, 1.165) is 30.6 Å². The van der Waals surface area contributed by atoms with Crippen LogP contribution in [0.5, 0.6) is 0 Å². The Hall–Kier alpha value is -1.53. The lowest BCUT2D eigenvalue weighted by Gasteiger charge is -2.31. The molecule has 3 unspecified atom stereocenters. The molecule has 24 heavy (non-hydrogen) atoms. The second-order valence-corrected chi connectivity index (χ2v) is 7.70. The number of carbonyl (C=O) groups is 2. The van der Waals surface area contributed by atoms with Crippen molar-refractivity contribution in [3.63, 3.8) is 0 Å². The maximum atomic E-state index is 12.3. The predicted molar refractivity (Wildman–Crippen MR) is 100 cm³/mol. The van der Waals surface area contributed by atoms with Gasteiger partial charge in [0.05, 0.1) is 11.0 Å². The number of rotatable bonds is 6. The van der Waals surface area contributed by atoms with Crippen LogP contribution in [0.15, 0.2) is 24.3 Å². The van der Waals surface area contributed by atoms with Gasteiger partial charge in [0, 0.05) is 17.8 Å². The molecule has 1 aliphatic heterocycles. The molecule has 1 fully saturated rings. The summed E-state index contributed by atoms with van der Waals surface area (Å²) in [7, 11) is 0. The van der Waals surface area contributed by atoms with Gasteiger partial charge in [0.2, 0.25) is 11.8 Å². The average Bonchev–Trinajstić information content (AvgIpc) is 2.56. The predicted octanol–water partition coefficient (Wildman–Crippen LogP) is 2.31. The number of hydrogen-bond acceptors (Lipinski definition) is 4. The zero-order valence-corrected chi connectivity index (χ0v) is 15.4. The first kappa shape index (κ1) is 18.8. The van der Waals surface area contributed by atoms with Gasteiger partial charge in [-0.05, 0) is 52.3 Å². The first-order valence-corrected chi connectivity index (χ1v) is 9.52. The van der Waals surface area contributed by atoms with Gasteiger partial charge in [-0.3, -0.25) is 9.59 Å². The molecule has 0 aliphatic carbocycles. The van der Waals surface area contributed by atoms with Crippen molar-refractivity contribution in [1.82, 2.24) is 10.6 Å². The molecule has 2 rings (SSSR count). The van der Waals surface area contributed by atoms with Gasteiger partial charge in [0.1, 0.15) is 0 Å². The molecule has 1 heterocycles. The number of anilines is 1. The molecule has 6 heteroatoms. The van der Waals surface area contributed by atoms with Crippen LogP contribution in [-0.2, 0) is 9.59 Å². The lowest BCUT2D eigenvalue weighted by Crippen LogP contribution is -2.53. The fourth-order valence-electron chi connectivity index (χ4n) is 2.65. The number of thioether (sulfide) groups is 1. The highest BCUT2D eigenvalue weighted by Gasteiger charge is 2.24. The Morgan fingerprint density at radius 1 is 1.33 bits per heavy atom. The number of hydrogen-bond donors (Lipinski definition) is 3. The van der Waals surface area contributed by atoms with Gasteiger partial charge in [0.25, 0.3) is 0 Å². The Labute approximate surface area is 148 Å². The zero-order valence-electron chi connectivity index (χ0n) is 14.6. The van der Waals surface area contributed by atoms with Crippen molar-refractivity contribution >= 4 is 29.3 Å². The van der Waals surface area contributed by atoms with Gasteiger partial charge in [-0.1, -0.05) is 17.7 Å². The largest absolute Gasteiger partial charge is 0.351 e. The topological polar surface area (TPSA) is 70.2 Å². The van der Waals surface area contributed by atoms with E-state index in [9.17, 15) is 9.59 Å². The van der Waals surface area contributed by atoms with E-state index >= 15 is 0 Å².